The molecule has 0 amide bonds. The number of hydrogen-bond acceptors (Lipinski definition) is 1. The van der Waals surface area contributed by atoms with E-state index in [1.54, 1.807) is 4.90 Å². The Morgan fingerprint density at radius 1 is 1.17 bits per heavy atom. The second kappa shape index (κ2) is 6.40. The van der Waals surface area contributed by atoms with Gasteiger partial charge in [0.2, 0.25) is 0 Å². The van der Waals surface area contributed by atoms with Crippen LogP contribution in [-0.4, -0.2) is 23.1 Å². The fraction of sp³-hybridized carbons (Fsp3) is 0.381. The van der Waals surface area contributed by atoms with Crippen LogP contribution < -0.4 is 4.90 Å². The highest BCUT2D eigenvalue weighted by atomic mass is 15.1. The Balaban J connectivity index is 1.52. The van der Waals surface area contributed by atoms with E-state index >= 15 is 0 Å². The Hall–Kier alpha value is -2.13. The molecule has 2 atom stereocenters. The van der Waals surface area contributed by atoms with Crippen molar-refractivity contribution in [3.05, 3.63) is 65.0 Å². The van der Waals surface area contributed by atoms with Crippen molar-refractivity contribution in [2.45, 2.75) is 39.2 Å². The third-order valence-electron chi connectivity index (χ3n) is 5.36. The Morgan fingerprint density at radius 2 is 2.04 bits per heavy atom. The number of aryl methyl sites for hydroxylation is 2. The third-order valence-corrected chi connectivity index (χ3v) is 5.36. The Bertz CT molecular complexity index is 816. The van der Waals surface area contributed by atoms with Crippen molar-refractivity contribution in [1.29, 1.82) is 0 Å². The Labute approximate surface area is 143 Å². The van der Waals surface area contributed by atoms with Crippen LogP contribution in [0.25, 0.3) is 11.0 Å². The molecule has 4 rings (SSSR count). The smallest absolute Gasteiger partial charge is 0.116 e. The number of quaternary nitrogens is 1. The van der Waals surface area contributed by atoms with Gasteiger partial charge in [0.05, 0.1) is 30.0 Å². The van der Waals surface area contributed by atoms with Crippen molar-refractivity contribution in [3.8, 4) is 0 Å². The molecule has 2 heterocycles. The number of piperidine rings is 1. The number of imidazole rings is 1. The van der Waals surface area contributed by atoms with E-state index < -0.39 is 0 Å². The SMILES string of the molecule is Cc1ccc(C)c(C[NH+]2CCC[C@H](c3nc4ccccc4[nH]3)C2)c1. The number of H-pyrrole nitrogens is 1. The van der Waals surface area contributed by atoms with Gasteiger partial charge in [0.25, 0.3) is 0 Å². The summed E-state index contributed by atoms with van der Waals surface area (Å²) in [5, 5.41) is 0. The average molecular weight is 320 g/mol. The van der Waals surface area contributed by atoms with Crippen molar-refractivity contribution < 1.29 is 4.90 Å². The lowest BCUT2D eigenvalue weighted by molar-refractivity contribution is -0.920. The molecule has 1 fully saturated rings. The van der Waals surface area contributed by atoms with Crippen LogP contribution in [0.15, 0.2) is 42.5 Å². The summed E-state index contributed by atoms with van der Waals surface area (Å²) in [7, 11) is 0. The fourth-order valence-corrected chi connectivity index (χ4v) is 3.97. The summed E-state index contributed by atoms with van der Waals surface area (Å²) in [5.41, 5.74) is 6.53. The summed E-state index contributed by atoms with van der Waals surface area (Å²) in [6.45, 7) is 7.99. The molecule has 24 heavy (non-hydrogen) atoms. The third kappa shape index (κ3) is 3.09. The molecule has 0 saturated carbocycles. The van der Waals surface area contributed by atoms with Crippen LogP contribution in [0.4, 0.5) is 0 Å². The molecule has 1 aliphatic rings. The number of aromatic amines is 1. The summed E-state index contributed by atoms with van der Waals surface area (Å²) in [6.07, 6.45) is 2.53. The maximum atomic E-state index is 4.84. The summed E-state index contributed by atoms with van der Waals surface area (Å²) < 4.78 is 0. The molecule has 1 unspecified atom stereocenters. The molecule has 3 aromatic rings. The highest BCUT2D eigenvalue weighted by Gasteiger charge is 2.27. The highest BCUT2D eigenvalue weighted by molar-refractivity contribution is 5.74. The van der Waals surface area contributed by atoms with Gasteiger partial charge in [-0.25, -0.2) is 4.98 Å². The van der Waals surface area contributed by atoms with Crippen molar-refractivity contribution in [1.82, 2.24) is 9.97 Å². The molecule has 124 valence electrons. The number of fused-ring (bicyclic) bond motifs is 1. The van der Waals surface area contributed by atoms with Gasteiger partial charge in [-0.1, -0.05) is 35.9 Å². The normalized spacial score (nSPS) is 21.2. The molecule has 3 nitrogen and oxygen atoms in total. The molecular formula is C21H26N3+. The van der Waals surface area contributed by atoms with Gasteiger partial charge in [-0.05, 0) is 44.4 Å². The van der Waals surface area contributed by atoms with E-state index in [0.717, 1.165) is 17.6 Å². The number of nitrogens with zero attached hydrogens (tertiary/aromatic N) is 1. The summed E-state index contributed by atoms with van der Waals surface area (Å²) >= 11 is 0. The zero-order valence-corrected chi connectivity index (χ0v) is 14.6. The molecule has 0 aliphatic carbocycles. The first kappa shape index (κ1) is 15.4. The maximum Gasteiger partial charge on any atom is 0.116 e. The molecular weight excluding hydrogens is 294 g/mol. The standard InChI is InChI=1S/C21H25N3/c1-15-9-10-16(2)18(12-15)14-24-11-5-6-17(13-24)21-22-19-7-3-4-8-20(19)23-21/h3-4,7-10,12,17H,5-6,11,13-14H2,1-2H3,(H,22,23)/p+1/t17-/m0/s1. The average Bonchev–Trinajstić information content (AvgIpc) is 3.03. The first-order valence-corrected chi connectivity index (χ1v) is 9.03. The number of likely N-dealkylation sites (tertiary alicyclic amines) is 1. The van der Waals surface area contributed by atoms with Gasteiger partial charge in [0.15, 0.2) is 0 Å². The van der Waals surface area contributed by atoms with E-state index in [1.165, 1.54) is 48.4 Å². The van der Waals surface area contributed by atoms with Gasteiger partial charge in [0.1, 0.15) is 12.4 Å². The number of hydrogen-bond donors (Lipinski definition) is 2. The molecule has 1 saturated heterocycles. The minimum Gasteiger partial charge on any atom is -0.342 e. The molecule has 0 radical (unpaired) electrons. The maximum absolute atomic E-state index is 4.84. The number of para-hydroxylation sites is 2. The lowest BCUT2D eigenvalue weighted by atomic mass is 9.96. The Kier molecular flexibility index (Phi) is 4.11. The van der Waals surface area contributed by atoms with Gasteiger partial charge in [0, 0.05) is 5.56 Å². The van der Waals surface area contributed by atoms with Crippen LogP contribution in [-0.2, 0) is 6.54 Å². The van der Waals surface area contributed by atoms with Crippen LogP contribution in [0, 0.1) is 13.8 Å². The molecule has 2 aromatic carbocycles. The first-order chi connectivity index (χ1) is 11.7. The van der Waals surface area contributed by atoms with Crippen LogP contribution >= 0.6 is 0 Å². The highest BCUT2D eigenvalue weighted by Crippen LogP contribution is 2.22. The molecule has 2 N–H and O–H groups in total. The number of benzene rings is 2. The first-order valence-electron chi connectivity index (χ1n) is 9.03. The van der Waals surface area contributed by atoms with Gasteiger partial charge in [-0.15, -0.1) is 0 Å². The van der Waals surface area contributed by atoms with E-state index in [0.29, 0.717) is 5.92 Å². The molecule has 0 bridgehead atoms. The van der Waals surface area contributed by atoms with E-state index in [2.05, 4.69) is 61.3 Å². The predicted octanol–water partition coefficient (Wildman–Crippen LogP) is 3.14. The van der Waals surface area contributed by atoms with Gasteiger partial charge < -0.3 is 9.88 Å². The van der Waals surface area contributed by atoms with Crippen molar-refractivity contribution >= 4 is 11.0 Å². The minimum absolute atomic E-state index is 0.547. The quantitative estimate of drug-likeness (QED) is 0.764. The van der Waals surface area contributed by atoms with Crippen LogP contribution in [0.2, 0.25) is 0 Å². The lowest BCUT2D eigenvalue weighted by Gasteiger charge is -2.29. The summed E-state index contributed by atoms with van der Waals surface area (Å²) in [4.78, 5) is 10.1. The van der Waals surface area contributed by atoms with E-state index in [-0.39, 0.29) is 0 Å². The van der Waals surface area contributed by atoms with Gasteiger partial charge >= 0.3 is 0 Å². The van der Waals surface area contributed by atoms with E-state index in [9.17, 15) is 0 Å². The summed E-state index contributed by atoms with van der Waals surface area (Å²) in [5.74, 6) is 1.72. The molecule has 3 heteroatoms. The van der Waals surface area contributed by atoms with Crippen LogP contribution in [0.5, 0.6) is 0 Å². The molecule has 1 aliphatic heterocycles. The fourth-order valence-electron chi connectivity index (χ4n) is 3.97. The van der Waals surface area contributed by atoms with Crippen LogP contribution in [0.1, 0.15) is 41.3 Å². The molecule has 0 spiro atoms. The van der Waals surface area contributed by atoms with E-state index in [1.807, 2.05) is 0 Å². The van der Waals surface area contributed by atoms with Crippen molar-refractivity contribution in [3.63, 3.8) is 0 Å². The minimum atomic E-state index is 0.547. The zero-order chi connectivity index (χ0) is 16.5. The van der Waals surface area contributed by atoms with Gasteiger partial charge in [-0.3, -0.25) is 0 Å². The monoisotopic (exact) mass is 320 g/mol. The van der Waals surface area contributed by atoms with E-state index in [4.69, 9.17) is 4.98 Å². The number of rotatable bonds is 3. The topological polar surface area (TPSA) is 33.1 Å². The number of nitrogens with one attached hydrogen (secondary N) is 2. The largest absolute Gasteiger partial charge is 0.342 e. The van der Waals surface area contributed by atoms with Crippen molar-refractivity contribution in [2.24, 2.45) is 0 Å². The van der Waals surface area contributed by atoms with Gasteiger partial charge in [-0.2, -0.15) is 0 Å². The second-order valence-electron chi connectivity index (χ2n) is 7.29. The van der Waals surface area contributed by atoms with Crippen LogP contribution in [0.3, 0.4) is 0 Å². The predicted molar refractivity (Wildman–Crippen MR) is 98.4 cm³/mol. The lowest BCUT2D eigenvalue weighted by Crippen LogP contribution is -3.12. The van der Waals surface area contributed by atoms with Crippen molar-refractivity contribution in [2.75, 3.05) is 13.1 Å². The summed E-state index contributed by atoms with van der Waals surface area (Å²) in [6, 6.07) is 15.2. The second-order valence-corrected chi connectivity index (χ2v) is 7.29. The Morgan fingerprint density at radius 3 is 2.92 bits per heavy atom. The zero-order valence-electron chi connectivity index (χ0n) is 14.6. The number of aromatic nitrogens is 2. The molecule has 1 aromatic heterocycles.